The van der Waals surface area contributed by atoms with E-state index in [1.807, 2.05) is 0 Å². The molecule has 1 aromatic carbocycles. The van der Waals surface area contributed by atoms with Crippen molar-refractivity contribution in [1.29, 1.82) is 0 Å². The van der Waals surface area contributed by atoms with Gasteiger partial charge in [-0.3, -0.25) is 0 Å². The quantitative estimate of drug-likeness (QED) is 0.736. The first kappa shape index (κ1) is 11.8. The largest absolute Gasteiger partial charge is 0.433 e. The van der Waals surface area contributed by atoms with Crippen LogP contribution in [0.4, 0.5) is 8.78 Å². The molecule has 0 saturated heterocycles. The lowest BCUT2D eigenvalue weighted by Gasteiger charge is -2.09. The minimum atomic E-state index is -2.94. The smallest absolute Gasteiger partial charge is 0.387 e. The molecule has 0 saturated carbocycles. The average Bonchev–Trinajstić information content (AvgIpc) is 2.11. The number of benzene rings is 1. The Bertz CT molecular complexity index is 331. The lowest BCUT2D eigenvalue weighted by molar-refractivity contribution is -0.0498. The Kier molecular flexibility index (Phi) is 4.23. The second-order valence-corrected chi connectivity index (χ2v) is 3.45. The molecule has 0 atom stereocenters. The Morgan fingerprint density at radius 3 is 2.43 bits per heavy atom. The molecule has 0 aromatic heterocycles. The normalized spacial score (nSPS) is 10.7. The number of hydrogen-bond acceptors (Lipinski definition) is 1. The molecule has 0 aliphatic heterocycles. The Balaban J connectivity index is 3.07. The zero-order valence-corrected chi connectivity index (χ0v) is 9.01. The van der Waals surface area contributed by atoms with E-state index in [1.165, 1.54) is 12.1 Å². The molecule has 1 nitrogen and oxygen atoms in total. The Morgan fingerprint density at radius 2 is 1.93 bits per heavy atom. The highest BCUT2D eigenvalue weighted by Crippen LogP contribution is 2.34. The summed E-state index contributed by atoms with van der Waals surface area (Å²) in [7, 11) is 0. The summed E-state index contributed by atoms with van der Waals surface area (Å²) >= 11 is 16.8. The fraction of sp³-hybridized carbons (Fsp3) is 0.250. The van der Waals surface area contributed by atoms with Gasteiger partial charge in [-0.25, -0.2) is 0 Å². The number of rotatable bonds is 3. The summed E-state index contributed by atoms with van der Waals surface area (Å²) in [4.78, 5) is 0. The third-order valence-corrected chi connectivity index (χ3v) is 2.52. The zero-order valence-electron chi connectivity index (χ0n) is 6.74. The van der Waals surface area contributed by atoms with Crippen molar-refractivity contribution in [2.75, 3.05) is 0 Å². The van der Waals surface area contributed by atoms with Crippen LogP contribution in [0.15, 0.2) is 12.1 Å². The van der Waals surface area contributed by atoms with Crippen LogP contribution in [-0.2, 0) is 5.88 Å². The fourth-order valence-electron chi connectivity index (χ4n) is 0.876. The van der Waals surface area contributed by atoms with E-state index < -0.39 is 6.61 Å². The fourth-order valence-corrected chi connectivity index (χ4v) is 1.42. The minimum Gasteiger partial charge on any atom is -0.433 e. The third kappa shape index (κ3) is 2.87. The number of hydrogen-bond donors (Lipinski definition) is 0. The van der Waals surface area contributed by atoms with E-state index >= 15 is 0 Å². The zero-order chi connectivity index (χ0) is 10.7. The van der Waals surface area contributed by atoms with Crippen molar-refractivity contribution in [2.24, 2.45) is 0 Å². The second kappa shape index (κ2) is 5.01. The lowest BCUT2D eigenvalue weighted by atomic mass is 10.2. The molecule has 6 heteroatoms. The number of alkyl halides is 3. The van der Waals surface area contributed by atoms with Crippen LogP contribution < -0.4 is 4.74 Å². The van der Waals surface area contributed by atoms with Crippen LogP contribution in [0.2, 0.25) is 10.0 Å². The molecule has 14 heavy (non-hydrogen) atoms. The van der Waals surface area contributed by atoms with Gasteiger partial charge in [0.2, 0.25) is 0 Å². The van der Waals surface area contributed by atoms with Gasteiger partial charge in [-0.1, -0.05) is 23.2 Å². The van der Waals surface area contributed by atoms with Crippen LogP contribution in [0.3, 0.4) is 0 Å². The van der Waals surface area contributed by atoms with Crippen molar-refractivity contribution < 1.29 is 13.5 Å². The standard InChI is InChI=1S/C8H5Cl3F2O/c9-3-4-1-5(10)7(11)6(2-4)14-8(12)13/h1-2,8H,3H2. The van der Waals surface area contributed by atoms with Crippen molar-refractivity contribution in [2.45, 2.75) is 12.5 Å². The third-order valence-electron chi connectivity index (χ3n) is 1.42. The van der Waals surface area contributed by atoms with Gasteiger partial charge in [0.05, 0.1) is 5.02 Å². The molecular formula is C8H5Cl3F2O. The van der Waals surface area contributed by atoms with Gasteiger partial charge in [-0.2, -0.15) is 8.78 Å². The second-order valence-electron chi connectivity index (χ2n) is 2.40. The van der Waals surface area contributed by atoms with E-state index in [0.29, 0.717) is 5.56 Å². The summed E-state index contributed by atoms with van der Waals surface area (Å²) in [5, 5.41) is 0.0984. The van der Waals surface area contributed by atoms with E-state index in [9.17, 15) is 8.78 Å². The average molecular weight is 261 g/mol. The van der Waals surface area contributed by atoms with Gasteiger partial charge in [0, 0.05) is 5.88 Å². The van der Waals surface area contributed by atoms with Gasteiger partial charge in [-0.15, -0.1) is 11.6 Å². The molecule has 0 heterocycles. The number of ether oxygens (including phenoxy) is 1. The van der Waals surface area contributed by atoms with Crippen molar-refractivity contribution in [3.8, 4) is 5.75 Å². The van der Waals surface area contributed by atoms with Gasteiger partial charge >= 0.3 is 6.61 Å². The molecule has 0 N–H and O–H groups in total. The van der Waals surface area contributed by atoms with E-state index in [0.717, 1.165) is 0 Å². The van der Waals surface area contributed by atoms with Crippen LogP contribution in [0.25, 0.3) is 0 Å². The Morgan fingerprint density at radius 1 is 1.29 bits per heavy atom. The SMILES string of the molecule is FC(F)Oc1cc(CCl)cc(Cl)c1Cl. The van der Waals surface area contributed by atoms with Crippen molar-refractivity contribution in [3.63, 3.8) is 0 Å². The molecule has 1 aromatic rings. The van der Waals surface area contributed by atoms with Crippen molar-refractivity contribution in [3.05, 3.63) is 27.7 Å². The van der Waals surface area contributed by atoms with E-state index in [-0.39, 0.29) is 21.7 Å². The highest BCUT2D eigenvalue weighted by Gasteiger charge is 2.12. The maximum Gasteiger partial charge on any atom is 0.387 e. The molecule has 0 amide bonds. The predicted molar refractivity (Wildman–Crippen MR) is 52.7 cm³/mol. The number of halogens is 5. The lowest BCUT2D eigenvalue weighted by Crippen LogP contribution is -2.03. The van der Waals surface area contributed by atoms with Crippen LogP contribution in [0.1, 0.15) is 5.56 Å². The maximum absolute atomic E-state index is 11.9. The molecule has 0 aliphatic rings. The molecule has 1 rings (SSSR count). The van der Waals surface area contributed by atoms with Gasteiger partial charge in [-0.05, 0) is 17.7 Å². The van der Waals surface area contributed by atoms with Gasteiger partial charge in [0.15, 0.2) is 0 Å². The van der Waals surface area contributed by atoms with Crippen molar-refractivity contribution >= 4 is 34.8 Å². The van der Waals surface area contributed by atoms with Gasteiger partial charge in [0.25, 0.3) is 0 Å². The maximum atomic E-state index is 11.9. The highest BCUT2D eigenvalue weighted by atomic mass is 35.5. The van der Waals surface area contributed by atoms with Gasteiger partial charge < -0.3 is 4.74 Å². The van der Waals surface area contributed by atoms with E-state index in [2.05, 4.69) is 4.74 Å². The predicted octanol–water partition coefficient (Wildman–Crippen LogP) is 4.33. The van der Waals surface area contributed by atoms with E-state index in [4.69, 9.17) is 34.8 Å². The molecule has 0 spiro atoms. The summed E-state index contributed by atoms with van der Waals surface area (Å²) in [6, 6.07) is 2.82. The summed E-state index contributed by atoms with van der Waals surface area (Å²) in [6.07, 6.45) is 0. The van der Waals surface area contributed by atoms with Crippen LogP contribution in [0, 0.1) is 0 Å². The Labute approximate surface area is 94.5 Å². The monoisotopic (exact) mass is 260 g/mol. The first-order chi connectivity index (χ1) is 6.54. The Hall–Kier alpha value is -0.250. The van der Waals surface area contributed by atoms with Crippen LogP contribution in [0.5, 0.6) is 5.75 Å². The van der Waals surface area contributed by atoms with E-state index in [1.54, 1.807) is 0 Å². The topological polar surface area (TPSA) is 9.23 Å². The first-order valence-electron chi connectivity index (χ1n) is 3.53. The molecule has 0 bridgehead atoms. The molecule has 0 unspecified atom stereocenters. The summed E-state index contributed by atoms with van der Waals surface area (Å²) in [5.41, 5.74) is 0.566. The summed E-state index contributed by atoms with van der Waals surface area (Å²) in [5.74, 6) is -0.0129. The van der Waals surface area contributed by atoms with Gasteiger partial charge in [0.1, 0.15) is 10.8 Å². The molecular weight excluding hydrogens is 256 g/mol. The summed E-state index contributed by atoms with van der Waals surface area (Å²) < 4.78 is 28.0. The molecule has 0 fully saturated rings. The first-order valence-corrected chi connectivity index (χ1v) is 4.82. The molecule has 78 valence electrons. The van der Waals surface area contributed by atoms with Crippen LogP contribution in [-0.4, -0.2) is 6.61 Å². The highest BCUT2D eigenvalue weighted by molar-refractivity contribution is 6.43. The molecule has 0 radical (unpaired) electrons. The minimum absolute atomic E-state index is 0.0409. The molecule has 0 aliphatic carbocycles. The van der Waals surface area contributed by atoms with Crippen LogP contribution >= 0.6 is 34.8 Å². The van der Waals surface area contributed by atoms with Crippen molar-refractivity contribution in [1.82, 2.24) is 0 Å². The summed E-state index contributed by atoms with van der Waals surface area (Å²) in [6.45, 7) is -2.94.